The summed E-state index contributed by atoms with van der Waals surface area (Å²) in [6, 6.07) is 7.87. The molecular formula is C14H22N2O3. The van der Waals surface area contributed by atoms with E-state index < -0.39 is 0 Å². The van der Waals surface area contributed by atoms with Crippen molar-refractivity contribution in [1.29, 1.82) is 0 Å². The molecule has 2 atom stereocenters. The first-order valence-corrected chi connectivity index (χ1v) is 6.65. The van der Waals surface area contributed by atoms with Crippen LogP contribution >= 0.6 is 0 Å². The predicted octanol–water partition coefficient (Wildman–Crippen LogP) is 1.40. The SMILES string of the molecule is COCCOc1ccccc1C(NN)C1CCCO1. The standard InChI is InChI=1S/C14H22N2O3/c1-17-9-10-19-12-6-3-2-5-11(12)14(16-15)13-7-4-8-18-13/h2-3,5-6,13-14,16H,4,7-10,15H2,1H3. The average Bonchev–Trinajstić information content (AvgIpc) is 2.96. The van der Waals surface area contributed by atoms with Gasteiger partial charge in [-0.15, -0.1) is 0 Å². The monoisotopic (exact) mass is 266 g/mol. The van der Waals surface area contributed by atoms with Gasteiger partial charge in [0.15, 0.2) is 0 Å². The Morgan fingerprint density at radius 3 is 2.95 bits per heavy atom. The predicted molar refractivity (Wildman–Crippen MR) is 72.9 cm³/mol. The number of nitrogens with two attached hydrogens (primary N) is 1. The summed E-state index contributed by atoms with van der Waals surface area (Å²) in [6.07, 6.45) is 2.20. The Morgan fingerprint density at radius 1 is 1.42 bits per heavy atom. The van der Waals surface area contributed by atoms with Crippen molar-refractivity contribution in [2.45, 2.75) is 25.0 Å². The van der Waals surface area contributed by atoms with Crippen molar-refractivity contribution in [3.8, 4) is 5.75 Å². The molecule has 106 valence electrons. The van der Waals surface area contributed by atoms with Crippen molar-refractivity contribution in [1.82, 2.24) is 5.43 Å². The summed E-state index contributed by atoms with van der Waals surface area (Å²) in [5.74, 6) is 6.53. The topological polar surface area (TPSA) is 65.7 Å². The minimum Gasteiger partial charge on any atom is -0.491 e. The van der Waals surface area contributed by atoms with Gasteiger partial charge in [-0.1, -0.05) is 18.2 Å². The van der Waals surface area contributed by atoms with Crippen LogP contribution in [-0.2, 0) is 9.47 Å². The highest BCUT2D eigenvalue weighted by Crippen LogP contribution is 2.32. The summed E-state index contributed by atoms with van der Waals surface area (Å²) in [7, 11) is 1.66. The molecule has 3 N–H and O–H groups in total. The van der Waals surface area contributed by atoms with Gasteiger partial charge in [0.05, 0.1) is 18.8 Å². The van der Waals surface area contributed by atoms with Crippen LogP contribution in [0, 0.1) is 0 Å². The van der Waals surface area contributed by atoms with E-state index in [-0.39, 0.29) is 12.1 Å². The molecule has 2 unspecified atom stereocenters. The molecule has 0 amide bonds. The Labute approximate surface area is 114 Å². The Morgan fingerprint density at radius 2 is 2.26 bits per heavy atom. The lowest BCUT2D eigenvalue weighted by atomic mass is 9.99. The zero-order valence-corrected chi connectivity index (χ0v) is 11.3. The van der Waals surface area contributed by atoms with Crippen molar-refractivity contribution < 1.29 is 14.2 Å². The zero-order chi connectivity index (χ0) is 13.5. The third kappa shape index (κ3) is 3.67. The van der Waals surface area contributed by atoms with Crippen molar-refractivity contribution in [3.05, 3.63) is 29.8 Å². The first-order valence-electron chi connectivity index (χ1n) is 6.65. The van der Waals surface area contributed by atoms with Gasteiger partial charge in [0.2, 0.25) is 0 Å². The molecule has 0 aliphatic carbocycles. The number of hydrogen-bond acceptors (Lipinski definition) is 5. The van der Waals surface area contributed by atoms with Crippen LogP contribution in [0.5, 0.6) is 5.75 Å². The van der Waals surface area contributed by atoms with Crippen LogP contribution in [0.2, 0.25) is 0 Å². The minimum atomic E-state index is -0.0405. The molecule has 1 aliphatic heterocycles. The van der Waals surface area contributed by atoms with Crippen molar-refractivity contribution in [2.24, 2.45) is 5.84 Å². The maximum absolute atomic E-state index is 5.74. The Balaban J connectivity index is 2.11. The van der Waals surface area contributed by atoms with Gasteiger partial charge in [0.1, 0.15) is 12.4 Å². The molecule has 0 radical (unpaired) electrons. The highest BCUT2D eigenvalue weighted by molar-refractivity contribution is 5.36. The van der Waals surface area contributed by atoms with Crippen LogP contribution in [0.15, 0.2) is 24.3 Å². The minimum absolute atomic E-state index is 0.0405. The summed E-state index contributed by atoms with van der Waals surface area (Å²) < 4.78 is 16.5. The van der Waals surface area contributed by atoms with E-state index in [4.69, 9.17) is 20.1 Å². The van der Waals surface area contributed by atoms with Gasteiger partial charge >= 0.3 is 0 Å². The number of benzene rings is 1. The molecule has 0 saturated carbocycles. The summed E-state index contributed by atoms with van der Waals surface area (Å²) in [6.45, 7) is 1.89. The van der Waals surface area contributed by atoms with Crippen LogP contribution in [0.1, 0.15) is 24.4 Å². The van der Waals surface area contributed by atoms with Crippen molar-refractivity contribution in [3.63, 3.8) is 0 Å². The summed E-state index contributed by atoms with van der Waals surface area (Å²) in [5, 5.41) is 0. The van der Waals surface area contributed by atoms with Gasteiger partial charge in [-0.3, -0.25) is 11.3 Å². The van der Waals surface area contributed by atoms with Crippen LogP contribution in [0.4, 0.5) is 0 Å². The molecule has 5 nitrogen and oxygen atoms in total. The van der Waals surface area contributed by atoms with Gasteiger partial charge in [-0.2, -0.15) is 0 Å². The van der Waals surface area contributed by atoms with E-state index in [0.717, 1.165) is 30.8 Å². The molecule has 1 heterocycles. The molecular weight excluding hydrogens is 244 g/mol. The van der Waals surface area contributed by atoms with Gasteiger partial charge in [0.25, 0.3) is 0 Å². The Kier molecular flexibility index (Phi) is 5.60. The summed E-state index contributed by atoms with van der Waals surface area (Å²) in [4.78, 5) is 0. The average molecular weight is 266 g/mol. The lowest BCUT2D eigenvalue weighted by Crippen LogP contribution is -2.36. The summed E-state index contributed by atoms with van der Waals surface area (Å²) >= 11 is 0. The normalized spacial score (nSPS) is 20.4. The number of methoxy groups -OCH3 is 1. The van der Waals surface area contributed by atoms with Gasteiger partial charge in [0, 0.05) is 19.3 Å². The Bertz CT molecular complexity index is 381. The van der Waals surface area contributed by atoms with Crippen LogP contribution in [0.3, 0.4) is 0 Å². The lowest BCUT2D eigenvalue weighted by molar-refractivity contribution is 0.0766. The molecule has 1 fully saturated rings. The molecule has 1 aromatic rings. The fourth-order valence-corrected chi connectivity index (χ4v) is 2.37. The van der Waals surface area contributed by atoms with Crippen LogP contribution in [0.25, 0.3) is 0 Å². The quantitative estimate of drug-likeness (QED) is 0.443. The van der Waals surface area contributed by atoms with E-state index in [1.54, 1.807) is 7.11 Å². The van der Waals surface area contributed by atoms with Crippen molar-refractivity contribution in [2.75, 3.05) is 26.9 Å². The number of nitrogens with one attached hydrogen (secondary N) is 1. The highest BCUT2D eigenvalue weighted by atomic mass is 16.5. The second-order valence-electron chi connectivity index (χ2n) is 4.57. The molecule has 5 heteroatoms. The molecule has 19 heavy (non-hydrogen) atoms. The maximum Gasteiger partial charge on any atom is 0.124 e. The van der Waals surface area contributed by atoms with E-state index in [0.29, 0.717) is 13.2 Å². The number of rotatable bonds is 7. The van der Waals surface area contributed by atoms with E-state index in [1.165, 1.54) is 0 Å². The highest BCUT2D eigenvalue weighted by Gasteiger charge is 2.28. The van der Waals surface area contributed by atoms with E-state index in [1.807, 2.05) is 24.3 Å². The molecule has 1 aliphatic rings. The third-order valence-electron chi connectivity index (χ3n) is 3.32. The first-order chi connectivity index (χ1) is 9.36. The molecule has 2 rings (SSSR count). The largest absolute Gasteiger partial charge is 0.491 e. The fourth-order valence-electron chi connectivity index (χ4n) is 2.37. The fraction of sp³-hybridized carbons (Fsp3) is 0.571. The van der Waals surface area contributed by atoms with E-state index >= 15 is 0 Å². The molecule has 1 aromatic carbocycles. The number of hydrogen-bond donors (Lipinski definition) is 2. The van der Waals surface area contributed by atoms with E-state index in [9.17, 15) is 0 Å². The van der Waals surface area contributed by atoms with E-state index in [2.05, 4.69) is 5.43 Å². The first kappa shape index (κ1) is 14.3. The lowest BCUT2D eigenvalue weighted by Gasteiger charge is -2.24. The maximum atomic E-state index is 5.74. The van der Waals surface area contributed by atoms with Crippen LogP contribution in [-0.4, -0.2) is 33.0 Å². The van der Waals surface area contributed by atoms with Crippen molar-refractivity contribution >= 4 is 0 Å². The summed E-state index contributed by atoms with van der Waals surface area (Å²) in [5.41, 5.74) is 3.89. The molecule has 0 spiro atoms. The second kappa shape index (κ2) is 7.45. The number of hydrazine groups is 1. The number of ether oxygens (including phenoxy) is 3. The smallest absolute Gasteiger partial charge is 0.124 e. The second-order valence-corrected chi connectivity index (χ2v) is 4.57. The molecule has 0 aromatic heterocycles. The molecule has 0 bridgehead atoms. The van der Waals surface area contributed by atoms with Gasteiger partial charge in [-0.05, 0) is 18.9 Å². The van der Waals surface area contributed by atoms with Gasteiger partial charge < -0.3 is 14.2 Å². The number of para-hydroxylation sites is 1. The molecule has 1 saturated heterocycles. The van der Waals surface area contributed by atoms with Crippen LogP contribution < -0.4 is 16.0 Å². The zero-order valence-electron chi connectivity index (χ0n) is 11.3. The van der Waals surface area contributed by atoms with Gasteiger partial charge in [-0.25, -0.2) is 0 Å². The Hall–Kier alpha value is -1.14. The third-order valence-corrected chi connectivity index (χ3v) is 3.32.